The van der Waals surface area contributed by atoms with Gasteiger partial charge in [-0.25, -0.2) is 0 Å². The van der Waals surface area contributed by atoms with Crippen LogP contribution in [0.3, 0.4) is 0 Å². The Labute approximate surface area is 115 Å². The van der Waals surface area contributed by atoms with Crippen molar-refractivity contribution in [3.63, 3.8) is 0 Å². The molecule has 0 radical (unpaired) electrons. The number of piperazine rings is 1. The van der Waals surface area contributed by atoms with Crippen LogP contribution < -0.4 is 10.6 Å². The lowest BCUT2D eigenvalue weighted by Crippen LogP contribution is -2.62. The molecule has 0 saturated carbocycles. The van der Waals surface area contributed by atoms with Crippen molar-refractivity contribution in [1.29, 1.82) is 0 Å². The zero-order valence-corrected chi connectivity index (χ0v) is 12.2. The van der Waals surface area contributed by atoms with Gasteiger partial charge in [-0.1, -0.05) is 17.7 Å². The molecule has 1 fully saturated rings. The third-order valence-electron chi connectivity index (χ3n) is 4.02. The largest absolute Gasteiger partial charge is 0.356 e. The van der Waals surface area contributed by atoms with Crippen molar-refractivity contribution in [2.75, 3.05) is 25.0 Å². The van der Waals surface area contributed by atoms with Crippen LogP contribution in [0, 0.1) is 13.8 Å². The van der Waals surface area contributed by atoms with Gasteiger partial charge in [-0.05, 0) is 32.4 Å². The summed E-state index contributed by atoms with van der Waals surface area (Å²) in [5, 5.41) is 0. The molecule has 4 nitrogen and oxygen atoms in total. The van der Waals surface area contributed by atoms with Crippen LogP contribution in [0.15, 0.2) is 18.2 Å². The highest BCUT2D eigenvalue weighted by Crippen LogP contribution is 2.27. The molecule has 104 valence electrons. The average Bonchev–Trinajstić information content (AvgIpc) is 2.36. The zero-order chi connectivity index (χ0) is 14.2. The Morgan fingerprint density at radius 3 is 2.63 bits per heavy atom. The van der Waals surface area contributed by atoms with Gasteiger partial charge in [-0.3, -0.25) is 4.79 Å². The predicted molar refractivity (Wildman–Crippen MR) is 78.3 cm³/mol. The van der Waals surface area contributed by atoms with E-state index in [4.69, 9.17) is 5.73 Å². The summed E-state index contributed by atoms with van der Waals surface area (Å²) in [7, 11) is 1.86. The Morgan fingerprint density at radius 2 is 2.05 bits per heavy atom. The van der Waals surface area contributed by atoms with Crippen LogP contribution in [0.4, 0.5) is 5.69 Å². The van der Waals surface area contributed by atoms with Crippen LogP contribution in [0.5, 0.6) is 0 Å². The summed E-state index contributed by atoms with van der Waals surface area (Å²) in [6.45, 7) is 7.41. The molecule has 1 aliphatic heterocycles. The molecule has 2 N–H and O–H groups in total. The van der Waals surface area contributed by atoms with Crippen molar-refractivity contribution in [2.24, 2.45) is 5.73 Å². The topological polar surface area (TPSA) is 49.6 Å². The molecule has 0 bridgehead atoms. The van der Waals surface area contributed by atoms with Crippen molar-refractivity contribution in [2.45, 2.75) is 32.9 Å². The van der Waals surface area contributed by atoms with E-state index < -0.39 is 0 Å². The van der Waals surface area contributed by atoms with Crippen molar-refractivity contribution < 1.29 is 4.79 Å². The molecule has 19 heavy (non-hydrogen) atoms. The lowest BCUT2D eigenvalue weighted by molar-refractivity contribution is -0.134. The van der Waals surface area contributed by atoms with Crippen LogP contribution in [0.1, 0.15) is 18.1 Å². The minimum absolute atomic E-state index is 0.112. The average molecular weight is 261 g/mol. The van der Waals surface area contributed by atoms with Gasteiger partial charge < -0.3 is 15.5 Å². The maximum atomic E-state index is 12.3. The first-order valence-corrected chi connectivity index (χ1v) is 6.76. The lowest BCUT2D eigenvalue weighted by Gasteiger charge is -2.44. The fraction of sp³-hybridized carbons (Fsp3) is 0.533. The molecular weight excluding hydrogens is 238 g/mol. The van der Waals surface area contributed by atoms with Crippen molar-refractivity contribution in [3.05, 3.63) is 29.3 Å². The van der Waals surface area contributed by atoms with Crippen LogP contribution in [0.25, 0.3) is 0 Å². The number of amides is 1. The van der Waals surface area contributed by atoms with E-state index in [9.17, 15) is 4.79 Å². The van der Waals surface area contributed by atoms with E-state index >= 15 is 0 Å². The minimum atomic E-state index is -0.248. The van der Waals surface area contributed by atoms with E-state index in [0.29, 0.717) is 6.54 Å². The van der Waals surface area contributed by atoms with E-state index in [1.165, 1.54) is 11.1 Å². The molecule has 1 saturated heterocycles. The van der Waals surface area contributed by atoms with Crippen LogP contribution in [-0.4, -0.2) is 43.0 Å². The zero-order valence-electron chi connectivity index (χ0n) is 12.2. The quantitative estimate of drug-likeness (QED) is 0.873. The predicted octanol–water partition coefficient (Wildman–Crippen LogP) is 1.30. The van der Waals surface area contributed by atoms with Gasteiger partial charge in [-0.2, -0.15) is 0 Å². The fourth-order valence-electron chi connectivity index (χ4n) is 2.74. The van der Waals surface area contributed by atoms with Crippen LogP contribution >= 0.6 is 0 Å². The van der Waals surface area contributed by atoms with Gasteiger partial charge in [0.25, 0.3) is 0 Å². The van der Waals surface area contributed by atoms with Gasteiger partial charge in [0.1, 0.15) is 6.04 Å². The normalized spacial score (nSPS) is 23.9. The summed E-state index contributed by atoms with van der Waals surface area (Å²) in [5.74, 6) is 0.112. The number of aryl methyl sites for hydroxylation is 2. The van der Waals surface area contributed by atoms with Crippen molar-refractivity contribution in [3.8, 4) is 0 Å². The maximum absolute atomic E-state index is 12.3. The Morgan fingerprint density at radius 1 is 1.37 bits per heavy atom. The summed E-state index contributed by atoms with van der Waals surface area (Å²) in [6, 6.07) is 6.29. The number of hydrogen-bond donors (Lipinski definition) is 1. The molecule has 1 aromatic carbocycles. The number of nitrogens with zero attached hydrogens (tertiary/aromatic N) is 2. The Hall–Kier alpha value is -1.55. The molecule has 1 aliphatic rings. The third kappa shape index (κ3) is 2.45. The monoisotopic (exact) mass is 261 g/mol. The number of benzene rings is 1. The molecule has 2 atom stereocenters. The summed E-state index contributed by atoms with van der Waals surface area (Å²) in [4.78, 5) is 16.3. The molecular formula is C15H23N3O. The molecule has 0 spiro atoms. The van der Waals surface area contributed by atoms with E-state index in [0.717, 1.165) is 12.2 Å². The van der Waals surface area contributed by atoms with Gasteiger partial charge >= 0.3 is 0 Å². The number of likely N-dealkylation sites (N-methyl/N-ethyl adjacent to an activating group) is 1. The van der Waals surface area contributed by atoms with Crippen LogP contribution in [0.2, 0.25) is 0 Å². The molecule has 2 unspecified atom stereocenters. The number of carbonyl (C=O) groups is 1. The van der Waals surface area contributed by atoms with Crippen molar-refractivity contribution >= 4 is 11.6 Å². The molecule has 0 aromatic heterocycles. The number of anilines is 1. The maximum Gasteiger partial charge on any atom is 0.246 e. The smallest absolute Gasteiger partial charge is 0.246 e. The molecule has 0 aliphatic carbocycles. The molecule has 1 amide bonds. The highest BCUT2D eigenvalue weighted by Gasteiger charge is 2.36. The fourth-order valence-corrected chi connectivity index (χ4v) is 2.74. The van der Waals surface area contributed by atoms with Gasteiger partial charge in [0.2, 0.25) is 5.91 Å². The number of rotatable bonds is 2. The molecule has 1 heterocycles. The SMILES string of the molecule is Cc1ccc(N2CC(C)N(C)C(=O)C2CN)c(C)c1. The van der Waals surface area contributed by atoms with E-state index in [2.05, 4.69) is 43.9 Å². The third-order valence-corrected chi connectivity index (χ3v) is 4.02. The lowest BCUT2D eigenvalue weighted by atomic mass is 10.0. The summed E-state index contributed by atoms with van der Waals surface area (Å²) in [6.07, 6.45) is 0. The Kier molecular flexibility index (Phi) is 3.80. The second kappa shape index (κ2) is 5.21. The van der Waals surface area contributed by atoms with Gasteiger partial charge in [0, 0.05) is 31.9 Å². The number of hydrogen-bond acceptors (Lipinski definition) is 3. The number of nitrogens with two attached hydrogens (primary N) is 1. The highest BCUT2D eigenvalue weighted by molar-refractivity contribution is 5.87. The van der Waals surface area contributed by atoms with Gasteiger partial charge in [-0.15, -0.1) is 0 Å². The van der Waals surface area contributed by atoms with Crippen molar-refractivity contribution in [1.82, 2.24) is 4.90 Å². The second-order valence-electron chi connectivity index (χ2n) is 5.49. The molecule has 2 rings (SSSR count). The Bertz CT molecular complexity index is 486. The van der Waals surface area contributed by atoms with E-state index in [-0.39, 0.29) is 18.0 Å². The van der Waals surface area contributed by atoms with Gasteiger partial charge in [0.05, 0.1) is 0 Å². The summed E-state index contributed by atoms with van der Waals surface area (Å²) >= 11 is 0. The first kappa shape index (κ1) is 13.9. The first-order valence-electron chi connectivity index (χ1n) is 6.76. The van der Waals surface area contributed by atoms with Gasteiger partial charge in [0.15, 0.2) is 0 Å². The number of carbonyl (C=O) groups excluding carboxylic acids is 1. The first-order chi connectivity index (χ1) is 8.95. The summed E-state index contributed by atoms with van der Waals surface area (Å²) < 4.78 is 0. The minimum Gasteiger partial charge on any atom is -0.356 e. The Balaban J connectivity index is 2.38. The van der Waals surface area contributed by atoms with Crippen LogP contribution in [-0.2, 0) is 4.79 Å². The molecule has 1 aromatic rings. The second-order valence-corrected chi connectivity index (χ2v) is 5.49. The van der Waals surface area contributed by atoms with E-state index in [1.807, 2.05) is 7.05 Å². The standard InChI is InChI=1S/C15H23N3O/c1-10-5-6-13(11(2)7-10)18-9-12(3)17(4)15(19)14(18)8-16/h5-7,12,14H,8-9,16H2,1-4H3. The summed E-state index contributed by atoms with van der Waals surface area (Å²) in [5.41, 5.74) is 9.37. The highest BCUT2D eigenvalue weighted by atomic mass is 16.2. The van der Waals surface area contributed by atoms with E-state index in [1.54, 1.807) is 4.90 Å². The molecule has 4 heteroatoms.